The van der Waals surface area contributed by atoms with Crippen LogP contribution >= 0.6 is 0 Å². The minimum absolute atomic E-state index is 0.0812. The second kappa shape index (κ2) is 9.33. The van der Waals surface area contributed by atoms with E-state index in [1.54, 1.807) is 0 Å². The van der Waals surface area contributed by atoms with Gasteiger partial charge in [0.2, 0.25) is 0 Å². The number of nitrogens with one attached hydrogen (secondary N) is 1. The standard InChI is InChI=1S/C23H33NO3Si/c1-23(2,3)28(21-10-6-4-7-11-21,22-12-8-5-9-13-22)27-18-20(25)16-24-19-14-15-26-17-19/h4-13,19-20,24-25H,14-18H2,1-3H3. The fourth-order valence-electron chi connectivity index (χ4n) is 4.04. The molecular weight excluding hydrogens is 366 g/mol. The fraction of sp³-hybridized carbons (Fsp3) is 0.478. The van der Waals surface area contributed by atoms with Crippen LogP contribution in [0.4, 0.5) is 0 Å². The van der Waals surface area contributed by atoms with Gasteiger partial charge in [-0.3, -0.25) is 0 Å². The lowest BCUT2D eigenvalue weighted by atomic mass is 10.2. The third-order valence-corrected chi connectivity index (χ3v) is 10.5. The molecule has 0 aliphatic carbocycles. The van der Waals surface area contributed by atoms with Crippen LogP contribution in [-0.4, -0.2) is 51.9 Å². The lowest BCUT2D eigenvalue weighted by molar-refractivity contribution is 0.0974. The topological polar surface area (TPSA) is 50.7 Å². The molecule has 2 aromatic carbocycles. The van der Waals surface area contributed by atoms with Crippen molar-refractivity contribution in [2.24, 2.45) is 0 Å². The van der Waals surface area contributed by atoms with Crippen LogP contribution in [0.2, 0.25) is 5.04 Å². The zero-order valence-corrected chi connectivity index (χ0v) is 18.2. The summed E-state index contributed by atoms with van der Waals surface area (Å²) in [5.74, 6) is 0. The summed E-state index contributed by atoms with van der Waals surface area (Å²) in [6, 6.07) is 21.4. The van der Waals surface area contributed by atoms with Crippen LogP contribution in [0.15, 0.2) is 60.7 Å². The maximum Gasteiger partial charge on any atom is 0.261 e. The first kappa shape index (κ1) is 21.2. The summed E-state index contributed by atoms with van der Waals surface area (Å²) in [5, 5.41) is 16.4. The first-order valence-corrected chi connectivity index (χ1v) is 12.1. The highest BCUT2D eigenvalue weighted by atomic mass is 28.4. The molecule has 2 unspecified atom stereocenters. The van der Waals surface area contributed by atoms with Crippen LogP contribution in [0.1, 0.15) is 27.2 Å². The molecule has 1 aliphatic heterocycles. The minimum atomic E-state index is -2.59. The molecule has 0 spiro atoms. The summed E-state index contributed by atoms with van der Waals surface area (Å²) in [6.45, 7) is 9.11. The molecule has 28 heavy (non-hydrogen) atoms. The lowest BCUT2D eigenvalue weighted by Crippen LogP contribution is -2.67. The van der Waals surface area contributed by atoms with Crippen molar-refractivity contribution in [3.63, 3.8) is 0 Å². The van der Waals surface area contributed by atoms with Gasteiger partial charge in [-0.1, -0.05) is 81.4 Å². The van der Waals surface area contributed by atoms with Crippen LogP contribution in [0.3, 0.4) is 0 Å². The SMILES string of the molecule is CC(C)(C)[Si](OCC(O)CNC1CCOC1)(c1ccccc1)c1ccccc1. The highest BCUT2D eigenvalue weighted by Gasteiger charge is 2.50. The maximum absolute atomic E-state index is 10.6. The third kappa shape index (κ3) is 4.73. The fourth-order valence-corrected chi connectivity index (χ4v) is 8.64. The van der Waals surface area contributed by atoms with E-state index in [4.69, 9.17) is 9.16 Å². The molecule has 2 N–H and O–H groups in total. The molecule has 2 aromatic rings. The molecule has 0 saturated carbocycles. The highest BCUT2D eigenvalue weighted by Crippen LogP contribution is 2.36. The van der Waals surface area contributed by atoms with E-state index in [1.807, 2.05) is 12.1 Å². The average Bonchev–Trinajstić information content (AvgIpc) is 3.21. The van der Waals surface area contributed by atoms with E-state index in [-0.39, 0.29) is 5.04 Å². The number of rotatable bonds is 8. The molecule has 0 amide bonds. The molecule has 3 rings (SSSR count). The molecule has 1 saturated heterocycles. The van der Waals surface area contributed by atoms with Gasteiger partial charge in [-0.15, -0.1) is 0 Å². The summed E-state index contributed by atoms with van der Waals surface area (Å²) >= 11 is 0. The van der Waals surface area contributed by atoms with Gasteiger partial charge in [-0.2, -0.15) is 0 Å². The van der Waals surface area contributed by atoms with Crippen molar-refractivity contribution >= 4 is 18.7 Å². The number of aliphatic hydroxyl groups is 1. The summed E-state index contributed by atoms with van der Waals surface area (Å²) in [5.41, 5.74) is 0. The van der Waals surface area contributed by atoms with Gasteiger partial charge >= 0.3 is 0 Å². The molecule has 5 heteroatoms. The molecule has 2 atom stereocenters. The quantitative estimate of drug-likeness (QED) is 0.669. The van der Waals surface area contributed by atoms with Gasteiger partial charge in [0, 0.05) is 19.2 Å². The Balaban J connectivity index is 1.83. The normalized spacial score (nSPS) is 18.9. The Labute approximate surface area is 170 Å². The van der Waals surface area contributed by atoms with E-state index in [9.17, 15) is 5.11 Å². The molecule has 1 aliphatic rings. The molecular formula is C23H33NO3Si. The van der Waals surface area contributed by atoms with E-state index >= 15 is 0 Å². The molecule has 0 radical (unpaired) electrons. The minimum Gasteiger partial charge on any atom is -0.405 e. The molecule has 1 heterocycles. The zero-order valence-electron chi connectivity index (χ0n) is 17.2. The van der Waals surface area contributed by atoms with Crippen molar-refractivity contribution in [3.8, 4) is 0 Å². The van der Waals surface area contributed by atoms with Crippen LogP contribution < -0.4 is 15.7 Å². The summed E-state index contributed by atoms with van der Waals surface area (Å²) in [6.07, 6.45) is 0.449. The summed E-state index contributed by atoms with van der Waals surface area (Å²) in [7, 11) is -2.59. The van der Waals surface area contributed by atoms with E-state index < -0.39 is 14.4 Å². The first-order valence-electron chi connectivity index (χ1n) is 10.2. The molecule has 4 nitrogen and oxygen atoms in total. The van der Waals surface area contributed by atoms with Gasteiger partial charge in [0.25, 0.3) is 8.32 Å². The average molecular weight is 400 g/mol. The Bertz CT molecular complexity index is 672. The molecule has 1 fully saturated rings. The predicted octanol–water partition coefficient (Wildman–Crippen LogP) is 2.30. The second-order valence-corrected chi connectivity index (χ2v) is 12.9. The Hall–Kier alpha value is -1.50. The molecule has 0 bridgehead atoms. The van der Waals surface area contributed by atoms with Crippen LogP contribution in [0.5, 0.6) is 0 Å². The maximum atomic E-state index is 10.6. The second-order valence-electron chi connectivity index (χ2n) is 8.60. The summed E-state index contributed by atoms with van der Waals surface area (Å²) in [4.78, 5) is 0. The van der Waals surface area contributed by atoms with E-state index in [0.29, 0.717) is 19.2 Å². The van der Waals surface area contributed by atoms with Gasteiger partial charge in [-0.05, 0) is 21.8 Å². The third-order valence-electron chi connectivity index (χ3n) is 5.48. The largest absolute Gasteiger partial charge is 0.405 e. The number of benzene rings is 2. The Morgan fingerprint density at radius 2 is 1.64 bits per heavy atom. The smallest absolute Gasteiger partial charge is 0.261 e. The van der Waals surface area contributed by atoms with E-state index in [1.165, 1.54) is 10.4 Å². The van der Waals surface area contributed by atoms with Gasteiger partial charge in [0.05, 0.1) is 19.3 Å². The Kier molecular flexibility index (Phi) is 7.07. The van der Waals surface area contributed by atoms with E-state index in [0.717, 1.165) is 19.6 Å². The van der Waals surface area contributed by atoms with Gasteiger partial charge in [0.15, 0.2) is 0 Å². The van der Waals surface area contributed by atoms with Crippen molar-refractivity contribution in [3.05, 3.63) is 60.7 Å². The van der Waals surface area contributed by atoms with Gasteiger partial charge in [0.1, 0.15) is 0 Å². The van der Waals surface area contributed by atoms with Gasteiger partial charge < -0.3 is 19.6 Å². The number of ether oxygens (including phenoxy) is 1. The van der Waals surface area contributed by atoms with Crippen molar-refractivity contribution in [2.45, 2.75) is 44.4 Å². The van der Waals surface area contributed by atoms with Crippen molar-refractivity contribution in [2.75, 3.05) is 26.4 Å². The van der Waals surface area contributed by atoms with Crippen LogP contribution in [0.25, 0.3) is 0 Å². The first-order chi connectivity index (χ1) is 13.4. The number of hydrogen-bond donors (Lipinski definition) is 2. The Morgan fingerprint density at radius 3 is 2.11 bits per heavy atom. The monoisotopic (exact) mass is 399 g/mol. The van der Waals surface area contributed by atoms with E-state index in [2.05, 4.69) is 74.6 Å². The zero-order chi connectivity index (χ0) is 20.0. The highest BCUT2D eigenvalue weighted by molar-refractivity contribution is 6.99. The van der Waals surface area contributed by atoms with Crippen LogP contribution in [-0.2, 0) is 9.16 Å². The Morgan fingerprint density at radius 1 is 1.07 bits per heavy atom. The van der Waals surface area contributed by atoms with Gasteiger partial charge in [-0.25, -0.2) is 0 Å². The molecule has 0 aromatic heterocycles. The van der Waals surface area contributed by atoms with Crippen molar-refractivity contribution < 1.29 is 14.3 Å². The lowest BCUT2D eigenvalue weighted by Gasteiger charge is -2.43. The van der Waals surface area contributed by atoms with Crippen molar-refractivity contribution in [1.82, 2.24) is 5.32 Å². The van der Waals surface area contributed by atoms with Crippen LogP contribution in [0, 0.1) is 0 Å². The van der Waals surface area contributed by atoms with Crippen molar-refractivity contribution in [1.29, 1.82) is 0 Å². The molecule has 152 valence electrons. The number of hydrogen-bond acceptors (Lipinski definition) is 4. The number of aliphatic hydroxyl groups excluding tert-OH is 1. The predicted molar refractivity (Wildman–Crippen MR) is 117 cm³/mol. The summed E-state index contributed by atoms with van der Waals surface area (Å²) < 4.78 is 12.2.